The Morgan fingerprint density at radius 2 is 1.91 bits per heavy atom. The summed E-state index contributed by atoms with van der Waals surface area (Å²) in [6.45, 7) is 6.01. The molecule has 0 amide bonds. The van der Waals surface area contributed by atoms with Gasteiger partial charge in [0.1, 0.15) is 11.9 Å². The topological polar surface area (TPSA) is 92.7 Å². The van der Waals surface area contributed by atoms with Crippen LogP contribution in [0.25, 0.3) is 0 Å². The Morgan fingerprint density at radius 1 is 1.26 bits per heavy atom. The number of nitriles is 1. The van der Waals surface area contributed by atoms with Crippen LogP contribution in [0, 0.1) is 11.3 Å². The number of aromatic nitrogens is 3. The lowest BCUT2D eigenvalue weighted by molar-refractivity contribution is 0.676. The number of rotatable bonds is 4. The maximum absolute atomic E-state index is 12.1. The first kappa shape index (κ1) is 17.0. The predicted molar refractivity (Wildman–Crippen MR) is 89.9 cm³/mol. The van der Waals surface area contributed by atoms with Gasteiger partial charge in [0.2, 0.25) is 0 Å². The summed E-state index contributed by atoms with van der Waals surface area (Å²) in [7, 11) is 2.88. The van der Waals surface area contributed by atoms with Gasteiger partial charge in [0, 0.05) is 25.4 Å². The van der Waals surface area contributed by atoms with Gasteiger partial charge in [-0.2, -0.15) is 5.26 Å². The van der Waals surface area contributed by atoms with E-state index in [4.69, 9.17) is 0 Å². The number of nitrogens with one attached hydrogen (secondary N) is 1. The van der Waals surface area contributed by atoms with Crippen LogP contribution in [0.2, 0.25) is 0 Å². The second-order valence-electron chi connectivity index (χ2n) is 5.67. The van der Waals surface area contributed by atoms with Crippen LogP contribution in [-0.4, -0.2) is 14.1 Å². The van der Waals surface area contributed by atoms with E-state index in [9.17, 15) is 14.9 Å². The van der Waals surface area contributed by atoms with Crippen molar-refractivity contribution in [2.24, 2.45) is 14.1 Å². The molecule has 7 nitrogen and oxygen atoms in total. The van der Waals surface area contributed by atoms with Crippen molar-refractivity contribution in [2.45, 2.75) is 32.7 Å². The Labute approximate surface area is 137 Å². The van der Waals surface area contributed by atoms with E-state index in [1.807, 2.05) is 18.4 Å². The summed E-state index contributed by atoms with van der Waals surface area (Å²) in [5, 5.41) is 15.3. The van der Waals surface area contributed by atoms with Gasteiger partial charge in [0.15, 0.2) is 5.56 Å². The molecule has 122 valence electrons. The Balaban J connectivity index is 2.45. The number of nitrogens with zero attached hydrogens (tertiary/aromatic N) is 4. The summed E-state index contributed by atoms with van der Waals surface area (Å²) in [5.41, 5.74) is -0.354. The molecule has 1 unspecified atom stereocenters. The monoisotopic (exact) mass is 333 g/mol. The maximum Gasteiger partial charge on any atom is 0.332 e. The number of anilines is 1. The summed E-state index contributed by atoms with van der Waals surface area (Å²) in [4.78, 5) is 28.7. The Bertz CT molecular complexity index is 885. The minimum atomic E-state index is -0.605. The van der Waals surface area contributed by atoms with E-state index in [0.29, 0.717) is 5.92 Å². The average molecular weight is 333 g/mol. The molecule has 2 aromatic rings. The highest BCUT2D eigenvalue weighted by molar-refractivity contribution is 7.09. The third-order valence-electron chi connectivity index (χ3n) is 3.61. The zero-order chi connectivity index (χ0) is 17.3. The summed E-state index contributed by atoms with van der Waals surface area (Å²) in [6, 6.07) is 1.65. The predicted octanol–water partition coefficient (Wildman–Crippen LogP) is 1.71. The fourth-order valence-electron chi connectivity index (χ4n) is 2.16. The highest BCUT2D eigenvalue weighted by Crippen LogP contribution is 2.25. The lowest BCUT2D eigenvalue weighted by Gasteiger charge is -2.17. The number of thiazole rings is 1. The lowest BCUT2D eigenvalue weighted by atomic mass is 10.2. The number of hydrogen-bond acceptors (Lipinski definition) is 6. The second kappa shape index (κ2) is 6.38. The molecule has 0 spiro atoms. The third kappa shape index (κ3) is 3.05. The molecule has 0 aliphatic carbocycles. The van der Waals surface area contributed by atoms with Crippen molar-refractivity contribution in [3.05, 3.63) is 42.5 Å². The van der Waals surface area contributed by atoms with Gasteiger partial charge in [-0.05, 0) is 6.92 Å². The van der Waals surface area contributed by atoms with Gasteiger partial charge in [0.25, 0.3) is 5.56 Å². The van der Waals surface area contributed by atoms with E-state index in [0.717, 1.165) is 15.3 Å². The molecule has 1 N–H and O–H groups in total. The number of hydrogen-bond donors (Lipinski definition) is 1. The van der Waals surface area contributed by atoms with E-state index >= 15 is 0 Å². The molecule has 0 fully saturated rings. The van der Waals surface area contributed by atoms with Gasteiger partial charge in [-0.15, -0.1) is 11.3 Å². The third-order valence-corrected chi connectivity index (χ3v) is 4.77. The molecule has 2 aromatic heterocycles. The van der Waals surface area contributed by atoms with Crippen molar-refractivity contribution in [3.8, 4) is 6.07 Å². The van der Waals surface area contributed by atoms with E-state index in [1.165, 1.54) is 18.7 Å². The molecule has 0 radical (unpaired) electrons. The molecular formula is C15H19N5O2S. The normalized spacial score (nSPS) is 12.2. The summed E-state index contributed by atoms with van der Waals surface area (Å²) < 4.78 is 2.19. The molecule has 23 heavy (non-hydrogen) atoms. The van der Waals surface area contributed by atoms with Crippen molar-refractivity contribution < 1.29 is 0 Å². The van der Waals surface area contributed by atoms with Crippen LogP contribution in [-0.2, 0) is 14.1 Å². The van der Waals surface area contributed by atoms with E-state index in [2.05, 4.69) is 24.1 Å². The highest BCUT2D eigenvalue weighted by Gasteiger charge is 2.19. The Kier molecular flexibility index (Phi) is 4.71. The molecule has 1 atom stereocenters. The van der Waals surface area contributed by atoms with Gasteiger partial charge >= 0.3 is 5.69 Å². The summed E-state index contributed by atoms with van der Waals surface area (Å²) in [5.74, 6) is 0.552. The molecular weight excluding hydrogens is 314 g/mol. The van der Waals surface area contributed by atoms with Gasteiger partial charge in [-0.1, -0.05) is 13.8 Å². The van der Waals surface area contributed by atoms with Crippen LogP contribution in [0.4, 0.5) is 5.82 Å². The summed E-state index contributed by atoms with van der Waals surface area (Å²) in [6.07, 6.45) is 0. The highest BCUT2D eigenvalue weighted by atomic mass is 32.1. The lowest BCUT2D eigenvalue weighted by Crippen LogP contribution is -2.40. The smallest absolute Gasteiger partial charge is 0.332 e. The van der Waals surface area contributed by atoms with E-state index in [-0.39, 0.29) is 17.4 Å². The first-order valence-corrected chi connectivity index (χ1v) is 8.07. The molecule has 0 saturated carbocycles. The molecule has 0 bridgehead atoms. The van der Waals surface area contributed by atoms with Gasteiger partial charge in [-0.3, -0.25) is 13.9 Å². The van der Waals surface area contributed by atoms with E-state index in [1.54, 1.807) is 11.3 Å². The van der Waals surface area contributed by atoms with Crippen LogP contribution in [0.3, 0.4) is 0 Å². The van der Waals surface area contributed by atoms with Crippen LogP contribution in [0.1, 0.15) is 49.0 Å². The Morgan fingerprint density at radius 3 is 2.43 bits per heavy atom. The molecule has 2 heterocycles. The van der Waals surface area contributed by atoms with Crippen molar-refractivity contribution in [3.63, 3.8) is 0 Å². The second-order valence-corrected chi connectivity index (χ2v) is 6.56. The van der Waals surface area contributed by atoms with Crippen molar-refractivity contribution in [1.82, 2.24) is 14.1 Å². The van der Waals surface area contributed by atoms with Crippen molar-refractivity contribution >= 4 is 17.2 Å². The average Bonchev–Trinajstić information content (AvgIpc) is 3.01. The first-order valence-electron chi connectivity index (χ1n) is 7.19. The summed E-state index contributed by atoms with van der Waals surface area (Å²) >= 11 is 1.57. The molecule has 0 aromatic carbocycles. The fraction of sp³-hybridized carbons (Fsp3) is 0.467. The SMILES string of the molecule is CC(C)c1nc(C(C)Nc2c(C#N)c(=O)n(C)c(=O)n2C)cs1. The van der Waals surface area contributed by atoms with Crippen LogP contribution >= 0.6 is 11.3 Å². The minimum absolute atomic E-state index is 0.0826. The van der Waals surface area contributed by atoms with Gasteiger partial charge in [0.05, 0.1) is 16.7 Å². The standard InChI is InChI=1S/C15H19N5O2S/c1-8(2)13-18-11(7-23-13)9(3)17-12-10(6-16)14(21)20(5)15(22)19(12)4/h7-9,17H,1-5H3. The first-order chi connectivity index (χ1) is 10.8. The van der Waals surface area contributed by atoms with Crippen LogP contribution in [0.15, 0.2) is 15.0 Å². The Hall–Kier alpha value is -2.40. The van der Waals surface area contributed by atoms with Gasteiger partial charge in [-0.25, -0.2) is 9.78 Å². The van der Waals surface area contributed by atoms with E-state index < -0.39 is 11.2 Å². The van der Waals surface area contributed by atoms with Crippen LogP contribution < -0.4 is 16.6 Å². The molecule has 0 aliphatic rings. The molecule has 8 heteroatoms. The van der Waals surface area contributed by atoms with Crippen molar-refractivity contribution in [2.75, 3.05) is 5.32 Å². The molecule has 0 aliphatic heterocycles. The van der Waals surface area contributed by atoms with Crippen molar-refractivity contribution in [1.29, 1.82) is 5.26 Å². The molecule has 2 rings (SSSR count). The fourth-order valence-corrected chi connectivity index (χ4v) is 3.09. The zero-order valence-electron chi connectivity index (χ0n) is 13.7. The quantitative estimate of drug-likeness (QED) is 0.919. The zero-order valence-corrected chi connectivity index (χ0v) is 14.6. The van der Waals surface area contributed by atoms with Gasteiger partial charge < -0.3 is 5.32 Å². The van der Waals surface area contributed by atoms with Crippen LogP contribution in [0.5, 0.6) is 0 Å². The minimum Gasteiger partial charge on any atom is -0.362 e. The maximum atomic E-state index is 12.1. The largest absolute Gasteiger partial charge is 0.362 e. The molecule has 0 saturated heterocycles.